The van der Waals surface area contributed by atoms with Crippen LogP contribution in [0.15, 0.2) is 41.6 Å². The summed E-state index contributed by atoms with van der Waals surface area (Å²) in [4.78, 5) is 39.2. The van der Waals surface area contributed by atoms with Crippen LogP contribution in [-0.2, 0) is 14.3 Å². The number of ether oxygens (including phenoxy) is 1. The van der Waals surface area contributed by atoms with Crippen LogP contribution in [0.1, 0.15) is 33.1 Å². The highest BCUT2D eigenvalue weighted by Gasteiger charge is 2.33. The second kappa shape index (κ2) is 10.2. The van der Waals surface area contributed by atoms with E-state index < -0.39 is 5.97 Å². The molecule has 1 saturated heterocycles. The van der Waals surface area contributed by atoms with Crippen molar-refractivity contribution in [3.8, 4) is 0 Å². The van der Waals surface area contributed by atoms with E-state index >= 15 is 0 Å². The Bertz CT molecular complexity index is 801. The Kier molecular flexibility index (Phi) is 7.46. The number of carbonyl (C=O) groups excluding carboxylic acids is 3. The van der Waals surface area contributed by atoms with Gasteiger partial charge in [-0.2, -0.15) is 0 Å². The van der Waals surface area contributed by atoms with Crippen LogP contribution in [0.25, 0.3) is 0 Å². The van der Waals surface area contributed by atoms with Gasteiger partial charge in [0.05, 0.1) is 18.2 Å². The number of esters is 1. The maximum atomic E-state index is 12.5. The van der Waals surface area contributed by atoms with Crippen molar-refractivity contribution in [1.29, 1.82) is 0 Å². The van der Waals surface area contributed by atoms with E-state index in [1.54, 1.807) is 6.92 Å². The largest absolute Gasteiger partial charge is 0.463 e. The lowest BCUT2D eigenvalue weighted by atomic mass is 9.94. The molecule has 8 nitrogen and oxygen atoms in total. The lowest BCUT2D eigenvalue weighted by Crippen LogP contribution is -2.52. The first-order chi connectivity index (χ1) is 14.5. The van der Waals surface area contributed by atoms with Crippen molar-refractivity contribution < 1.29 is 19.1 Å². The predicted octanol–water partition coefficient (Wildman–Crippen LogP) is 2.25. The summed E-state index contributed by atoms with van der Waals surface area (Å²) in [7, 11) is 0. The summed E-state index contributed by atoms with van der Waals surface area (Å²) in [5, 5.41) is 8.55. The number of piperidine rings is 1. The molecule has 1 fully saturated rings. The molecule has 0 spiro atoms. The molecule has 0 radical (unpaired) electrons. The molecule has 0 aromatic heterocycles. The van der Waals surface area contributed by atoms with Gasteiger partial charge in [-0.1, -0.05) is 25.1 Å². The number of nitrogens with one attached hydrogen (secondary N) is 3. The van der Waals surface area contributed by atoms with Gasteiger partial charge in [0, 0.05) is 23.8 Å². The number of para-hydroxylation sites is 1. The third-order valence-corrected chi connectivity index (χ3v) is 5.53. The molecule has 1 aromatic carbocycles. The quantitative estimate of drug-likeness (QED) is 0.594. The minimum Gasteiger partial charge on any atom is -0.463 e. The second-order valence-corrected chi connectivity index (χ2v) is 7.58. The molecule has 3 amide bonds. The van der Waals surface area contributed by atoms with E-state index in [1.807, 2.05) is 37.3 Å². The topological polar surface area (TPSA) is 99.8 Å². The number of hydrogen-bond acceptors (Lipinski definition) is 5. The van der Waals surface area contributed by atoms with E-state index in [0.717, 1.165) is 18.5 Å². The zero-order valence-corrected chi connectivity index (χ0v) is 17.6. The molecule has 2 aliphatic rings. The van der Waals surface area contributed by atoms with Gasteiger partial charge < -0.3 is 20.7 Å². The number of amides is 3. The number of benzene rings is 1. The normalized spacial score (nSPS) is 20.3. The summed E-state index contributed by atoms with van der Waals surface area (Å²) in [6.07, 6.45) is 2.06. The monoisotopic (exact) mass is 414 g/mol. The van der Waals surface area contributed by atoms with Gasteiger partial charge in [-0.15, -0.1) is 0 Å². The van der Waals surface area contributed by atoms with Crippen molar-refractivity contribution in [2.45, 2.75) is 39.2 Å². The highest BCUT2D eigenvalue weighted by Crippen LogP contribution is 2.23. The van der Waals surface area contributed by atoms with Gasteiger partial charge in [0.15, 0.2) is 0 Å². The highest BCUT2D eigenvalue weighted by molar-refractivity contribution is 5.95. The van der Waals surface area contributed by atoms with Crippen LogP contribution in [0.5, 0.6) is 0 Å². The number of anilines is 1. The Morgan fingerprint density at radius 1 is 1.17 bits per heavy atom. The molecular formula is C22H30N4O4. The summed E-state index contributed by atoms with van der Waals surface area (Å²) in [5.74, 6) is -0.413. The molecule has 0 unspecified atom stereocenters. The van der Waals surface area contributed by atoms with Crippen molar-refractivity contribution >= 4 is 23.6 Å². The molecule has 3 N–H and O–H groups in total. The standard InChI is InChI=1S/C22H30N4O4/c1-3-17-19(21(28)30-4-2)18(25-22(29)24-17)14-26-12-10-15(11-13-26)20(27)23-16-8-6-5-7-9-16/h5-9,15,17H,3-4,10-14H2,1-2H3,(H,23,27)(H2,24,25,29)/t17-/m0/s1. The van der Waals surface area contributed by atoms with Crippen LogP contribution in [0, 0.1) is 5.92 Å². The summed E-state index contributed by atoms with van der Waals surface area (Å²) >= 11 is 0. The third kappa shape index (κ3) is 5.38. The van der Waals surface area contributed by atoms with Crippen LogP contribution in [0.2, 0.25) is 0 Å². The first-order valence-corrected chi connectivity index (χ1v) is 10.6. The van der Waals surface area contributed by atoms with Crippen LogP contribution < -0.4 is 16.0 Å². The molecular weight excluding hydrogens is 384 g/mol. The Morgan fingerprint density at radius 3 is 2.50 bits per heavy atom. The zero-order valence-electron chi connectivity index (χ0n) is 17.6. The SMILES string of the molecule is CCOC(=O)C1=C(CN2CCC(C(=O)Nc3ccccc3)CC2)NC(=O)N[C@H]1CC. The fraction of sp³-hybridized carbons (Fsp3) is 0.500. The lowest BCUT2D eigenvalue weighted by Gasteiger charge is -2.34. The molecule has 1 aromatic rings. The molecule has 1 atom stereocenters. The van der Waals surface area contributed by atoms with Gasteiger partial charge in [-0.05, 0) is 51.4 Å². The average Bonchev–Trinajstić information content (AvgIpc) is 2.74. The fourth-order valence-electron chi connectivity index (χ4n) is 3.93. The van der Waals surface area contributed by atoms with Crippen LogP contribution in [0.3, 0.4) is 0 Å². The molecule has 0 saturated carbocycles. The predicted molar refractivity (Wildman–Crippen MR) is 114 cm³/mol. The summed E-state index contributed by atoms with van der Waals surface area (Å²) < 4.78 is 5.21. The molecule has 30 heavy (non-hydrogen) atoms. The van der Waals surface area contributed by atoms with E-state index in [0.29, 0.717) is 37.3 Å². The van der Waals surface area contributed by atoms with Gasteiger partial charge >= 0.3 is 12.0 Å². The molecule has 0 aliphatic carbocycles. The fourth-order valence-corrected chi connectivity index (χ4v) is 3.93. The van der Waals surface area contributed by atoms with Crippen molar-refractivity contribution in [2.75, 3.05) is 31.6 Å². The van der Waals surface area contributed by atoms with Crippen molar-refractivity contribution in [2.24, 2.45) is 5.92 Å². The Balaban J connectivity index is 1.62. The molecule has 2 heterocycles. The zero-order chi connectivity index (χ0) is 21.5. The minimum absolute atomic E-state index is 0.0356. The first kappa shape index (κ1) is 21.8. The summed E-state index contributed by atoms with van der Waals surface area (Å²) in [6, 6.07) is 8.79. The van der Waals surface area contributed by atoms with Crippen molar-refractivity contribution in [3.63, 3.8) is 0 Å². The molecule has 3 rings (SSSR count). The van der Waals surface area contributed by atoms with Crippen molar-refractivity contribution in [3.05, 3.63) is 41.6 Å². The van der Waals surface area contributed by atoms with E-state index in [-0.39, 0.29) is 30.5 Å². The third-order valence-electron chi connectivity index (χ3n) is 5.53. The van der Waals surface area contributed by atoms with Gasteiger partial charge in [0.2, 0.25) is 5.91 Å². The highest BCUT2D eigenvalue weighted by atomic mass is 16.5. The lowest BCUT2D eigenvalue weighted by molar-refractivity contribution is -0.139. The smallest absolute Gasteiger partial charge is 0.337 e. The Morgan fingerprint density at radius 2 is 1.87 bits per heavy atom. The van der Waals surface area contributed by atoms with E-state index in [4.69, 9.17) is 4.74 Å². The molecule has 8 heteroatoms. The van der Waals surface area contributed by atoms with Gasteiger partial charge in [0.25, 0.3) is 0 Å². The molecule has 2 aliphatic heterocycles. The minimum atomic E-state index is -0.399. The number of hydrogen-bond donors (Lipinski definition) is 3. The second-order valence-electron chi connectivity index (χ2n) is 7.58. The Labute approximate surface area is 177 Å². The van der Waals surface area contributed by atoms with Crippen LogP contribution in [0.4, 0.5) is 10.5 Å². The number of urea groups is 1. The summed E-state index contributed by atoms with van der Waals surface area (Å²) in [5.41, 5.74) is 1.89. The van der Waals surface area contributed by atoms with Gasteiger partial charge in [0.1, 0.15) is 0 Å². The Hall–Kier alpha value is -2.87. The van der Waals surface area contributed by atoms with E-state index in [1.165, 1.54) is 0 Å². The van der Waals surface area contributed by atoms with Gasteiger partial charge in [-0.3, -0.25) is 9.69 Å². The van der Waals surface area contributed by atoms with E-state index in [9.17, 15) is 14.4 Å². The summed E-state index contributed by atoms with van der Waals surface area (Å²) in [6.45, 7) is 5.84. The van der Waals surface area contributed by atoms with E-state index in [2.05, 4.69) is 20.9 Å². The number of rotatable bonds is 7. The average molecular weight is 415 g/mol. The maximum Gasteiger partial charge on any atom is 0.337 e. The molecule has 162 valence electrons. The first-order valence-electron chi connectivity index (χ1n) is 10.6. The van der Waals surface area contributed by atoms with Crippen molar-refractivity contribution in [1.82, 2.24) is 15.5 Å². The number of nitrogens with zero attached hydrogens (tertiary/aromatic N) is 1. The number of carbonyl (C=O) groups is 3. The number of likely N-dealkylation sites (tertiary alicyclic amines) is 1. The van der Waals surface area contributed by atoms with Gasteiger partial charge in [-0.25, -0.2) is 9.59 Å². The van der Waals surface area contributed by atoms with Crippen LogP contribution >= 0.6 is 0 Å². The maximum absolute atomic E-state index is 12.5. The molecule has 0 bridgehead atoms. The van der Waals surface area contributed by atoms with Crippen LogP contribution in [-0.4, -0.2) is 55.1 Å².